The van der Waals surface area contributed by atoms with Crippen molar-refractivity contribution in [1.29, 1.82) is 0 Å². The third-order valence-corrected chi connectivity index (χ3v) is 3.31. The van der Waals surface area contributed by atoms with E-state index in [9.17, 15) is 9.90 Å². The Kier molecular flexibility index (Phi) is 5.19. The third kappa shape index (κ3) is 4.50. The van der Waals surface area contributed by atoms with Gasteiger partial charge in [0, 0.05) is 0 Å². The number of hydrogen-bond donors (Lipinski definition) is 2. The number of aliphatic carboxylic acids is 1. The summed E-state index contributed by atoms with van der Waals surface area (Å²) in [5.41, 5.74) is 1.33. The van der Waals surface area contributed by atoms with Crippen molar-refractivity contribution in [3.63, 3.8) is 0 Å². The molecular weight excluding hydrogens is 214 g/mol. The van der Waals surface area contributed by atoms with E-state index in [1.165, 1.54) is 5.57 Å². The number of carboxylic acid groups (broad SMARTS) is 1. The van der Waals surface area contributed by atoms with Crippen molar-refractivity contribution in [2.24, 2.45) is 17.8 Å². The number of carbonyl (C=O) groups is 1. The van der Waals surface area contributed by atoms with Crippen molar-refractivity contribution < 1.29 is 9.90 Å². The fourth-order valence-electron chi connectivity index (χ4n) is 2.67. The third-order valence-electron chi connectivity index (χ3n) is 3.31. The Morgan fingerprint density at radius 3 is 2.71 bits per heavy atom. The molecule has 0 aromatic rings. The molecule has 98 valence electrons. The van der Waals surface area contributed by atoms with Gasteiger partial charge in [0.05, 0.1) is 0 Å². The van der Waals surface area contributed by atoms with Crippen molar-refractivity contribution in [3.8, 4) is 0 Å². The minimum Gasteiger partial charge on any atom is -0.480 e. The predicted molar refractivity (Wildman–Crippen MR) is 69.9 cm³/mol. The Hall–Kier alpha value is -0.830. The lowest BCUT2D eigenvalue weighted by Crippen LogP contribution is -2.45. The smallest absolute Gasteiger partial charge is 0.320 e. The van der Waals surface area contributed by atoms with Gasteiger partial charge in [-0.05, 0) is 44.1 Å². The van der Waals surface area contributed by atoms with Crippen LogP contribution < -0.4 is 5.32 Å². The summed E-state index contributed by atoms with van der Waals surface area (Å²) in [7, 11) is 0. The molecule has 1 rings (SSSR count). The first-order chi connectivity index (χ1) is 7.90. The van der Waals surface area contributed by atoms with Gasteiger partial charge in [-0.2, -0.15) is 0 Å². The van der Waals surface area contributed by atoms with Crippen molar-refractivity contribution in [1.82, 2.24) is 5.32 Å². The van der Waals surface area contributed by atoms with Crippen LogP contribution in [0, 0.1) is 17.8 Å². The highest BCUT2D eigenvalue weighted by atomic mass is 16.4. The molecule has 0 aliphatic heterocycles. The van der Waals surface area contributed by atoms with E-state index >= 15 is 0 Å². The summed E-state index contributed by atoms with van der Waals surface area (Å²) in [5, 5.41) is 12.5. The molecule has 3 atom stereocenters. The van der Waals surface area contributed by atoms with E-state index in [0.717, 1.165) is 19.4 Å². The van der Waals surface area contributed by atoms with Crippen molar-refractivity contribution in [2.75, 3.05) is 6.54 Å². The number of rotatable bonds is 5. The first kappa shape index (κ1) is 14.2. The number of nitrogens with one attached hydrogen (secondary N) is 1. The van der Waals surface area contributed by atoms with Crippen LogP contribution in [-0.2, 0) is 4.79 Å². The van der Waals surface area contributed by atoms with Gasteiger partial charge in [0.1, 0.15) is 6.04 Å². The zero-order chi connectivity index (χ0) is 13.0. The van der Waals surface area contributed by atoms with Crippen LogP contribution >= 0.6 is 0 Å². The van der Waals surface area contributed by atoms with Crippen LogP contribution in [0.4, 0.5) is 0 Å². The quantitative estimate of drug-likeness (QED) is 0.725. The monoisotopic (exact) mass is 239 g/mol. The summed E-state index contributed by atoms with van der Waals surface area (Å²) >= 11 is 0. The molecule has 1 aliphatic rings. The number of allylic oxidation sites excluding steroid dienone is 2. The van der Waals surface area contributed by atoms with Crippen LogP contribution in [0.3, 0.4) is 0 Å². The molecule has 17 heavy (non-hydrogen) atoms. The van der Waals surface area contributed by atoms with E-state index in [0.29, 0.717) is 11.8 Å². The van der Waals surface area contributed by atoms with Gasteiger partial charge >= 0.3 is 5.97 Å². The first-order valence-corrected chi connectivity index (χ1v) is 6.53. The predicted octanol–water partition coefficient (Wildman–Crippen LogP) is 2.68. The van der Waals surface area contributed by atoms with Crippen molar-refractivity contribution in [2.45, 2.75) is 46.6 Å². The second-order valence-corrected chi connectivity index (χ2v) is 5.81. The van der Waals surface area contributed by atoms with E-state index in [-0.39, 0.29) is 5.92 Å². The van der Waals surface area contributed by atoms with Gasteiger partial charge in [-0.25, -0.2) is 0 Å². The summed E-state index contributed by atoms with van der Waals surface area (Å²) in [6, 6.07) is -0.400. The molecular formula is C14H25NO2. The maximum absolute atomic E-state index is 11.3. The molecule has 0 heterocycles. The molecule has 0 radical (unpaired) electrons. The zero-order valence-corrected chi connectivity index (χ0v) is 11.4. The highest BCUT2D eigenvalue weighted by molar-refractivity contribution is 5.74. The summed E-state index contributed by atoms with van der Waals surface area (Å²) < 4.78 is 0. The minimum absolute atomic E-state index is 0.228. The lowest BCUT2D eigenvalue weighted by molar-refractivity contribution is -0.141. The van der Waals surface area contributed by atoms with E-state index in [1.807, 2.05) is 0 Å². The Morgan fingerprint density at radius 1 is 1.59 bits per heavy atom. The van der Waals surface area contributed by atoms with E-state index in [2.05, 4.69) is 39.1 Å². The summed E-state index contributed by atoms with van der Waals surface area (Å²) in [5.74, 6) is 0.495. The molecule has 1 aliphatic carbocycles. The van der Waals surface area contributed by atoms with Crippen LogP contribution in [0.15, 0.2) is 11.6 Å². The largest absolute Gasteiger partial charge is 0.480 e. The summed E-state index contributed by atoms with van der Waals surface area (Å²) in [4.78, 5) is 11.3. The fourth-order valence-corrected chi connectivity index (χ4v) is 2.67. The second-order valence-electron chi connectivity index (χ2n) is 5.81. The SMILES string of the molecule is CC1=CC(C)CC(C(NCC(C)C)C(=O)O)C1. The normalized spacial score (nSPS) is 26.8. The summed E-state index contributed by atoms with van der Waals surface area (Å²) in [6.07, 6.45) is 4.14. The van der Waals surface area contributed by atoms with Crippen LogP contribution in [0.25, 0.3) is 0 Å². The lowest BCUT2D eigenvalue weighted by atomic mass is 9.79. The molecule has 0 aromatic carbocycles. The van der Waals surface area contributed by atoms with Crippen molar-refractivity contribution >= 4 is 5.97 Å². The molecule has 3 nitrogen and oxygen atoms in total. The molecule has 0 spiro atoms. The minimum atomic E-state index is -0.711. The van der Waals surface area contributed by atoms with Crippen molar-refractivity contribution in [3.05, 3.63) is 11.6 Å². The lowest BCUT2D eigenvalue weighted by Gasteiger charge is -2.31. The molecule has 3 unspecified atom stereocenters. The molecule has 0 bridgehead atoms. The van der Waals surface area contributed by atoms with Gasteiger partial charge < -0.3 is 10.4 Å². The van der Waals surface area contributed by atoms with Crippen LogP contribution in [0.1, 0.15) is 40.5 Å². The zero-order valence-electron chi connectivity index (χ0n) is 11.4. The number of hydrogen-bond acceptors (Lipinski definition) is 2. The van der Waals surface area contributed by atoms with Crippen LogP contribution in [0.5, 0.6) is 0 Å². The Morgan fingerprint density at radius 2 is 2.24 bits per heavy atom. The van der Waals surface area contributed by atoms with Crippen LogP contribution in [-0.4, -0.2) is 23.7 Å². The molecule has 0 saturated carbocycles. The number of carboxylic acids is 1. The topological polar surface area (TPSA) is 49.3 Å². The van der Waals surface area contributed by atoms with E-state index < -0.39 is 12.0 Å². The average molecular weight is 239 g/mol. The second kappa shape index (κ2) is 6.20. The van der Waals surface area contributed by atoms with Gasteiger partial charge in [0.25, 0.3) is 0 Å². The van der Waals surface area contributed by atoms with Gasteiger partial charge in [0.2, 0.25) is 0 Å². The standard InChI is InChI=1S/C14H25NO2/c1-9(2)8-15-13(14(16)17)12-6-10(3)5-11(4)7-12/h5,9-10,12-13,15H,6-8H2,1-4H3,(H,16,17). The molecule has 0 aromatic heterocycles. The highest BCUT2D eigenvalue weighted by Gasteiger charge is 2.30. The highest BCUT2D eigenvalue weighted by Crippen LogP contribution is 2.30. The Labute approximate surface area is 104 Å². The molecule has 0 amide bonds. The van der Waals surface area contributed by atoms with Gasteiger partial charge in [-0.1, -0.05) is 32.4 Å². The van der Waals surface area contributed by atoms with E-state index in [1.54, 1.807) is 0 Å². The first-order valence-electron chi connectivity index (χ1n) is 6.53. The maximum atomic E-state index is 11.3. The molecule has 0 fully saturated rings. The van der Waals surface area contributed by atoms with E-state index in [4.69, 9.17) is 0 Å². The fraction of sp³-hybridized carbons (Fsp3) is 0.786. The summed E-state index contributed by atoms with van der Waals surface area (Å²) in [6.45, 7) is 9.23. The van der Waals surface area contributed by atoms with Gasteiger partial charge in [-0.15, -0.1) is 0 Å². The maximum Gasteiger partial charge on any atom is 0.320 e. The molecule has 0 saturated heterocycles. The molecule has 2 N–H and O–H groups in total. The van der Waals surface area contributed by atoms with Gasteiger partial charge in [0.15, 0.2) is 0 Å². The average Bonchev–Trinajstić information content (AvgIpc) is 2.14. The Balaban J connectivity index is 2.65. The van der Waals surface area contributed by atoms with Gasteiger partial charge in [-0.3, -0.25) is 4.79 Å². The molecule has 3 heteroatoms. The Bertz CT molecular complexity index is 297. The van der Waals surface area contributed by atoms with Crippen LogP contribution in [0.2, 0.25) is 0 Å².